The highest BCUT2D eigenvalue weighted by molar-refractivity contribution is 6.31. The number of rotatable bonds is 6. The third-order valence-electron chi connectivity index (χ3n) is 3.24. The molecule has 0 fully saturated rings. The Hall–Kier alpha value is -2.53. The zero-order valence-corrected chi connectivity index (χ0v) is 14.0. The minimum Gasteiger partial charge on any atom is -0.493 e. The SMILES string of the molecule is COc1ccc(/C=C/C(=O)OCc2c(F)cccc2Cl)cc1OC. The van der Waals surface area contributed by atoms with E-state index in [4.69, 9.17) is 25.8 Å². The van der Waals surface area contributed by atoms with Gasteiger partial charge in [-0.05, 0) is 35.9 Å². The first-order valence-electron chi connectivity index (χ1n) is 7.05. The van der Waals surface area contributed by atoms with E-state index in [0.717, 1.165) is 5.56 Å². The number of carbonyl (C=O) groups is 1. The smallest absolute Gasteiger partial charge is 0.331 e. The Morgan fingerprint density at radius 2 is 1.92 bits per heavy atom. The van der Waals surface area contributed by atoms with Gasteiger partial charge in [0.1, 0.15) is 12.4 Å². The van der Waals surface area contributed by atoms with Gasteiger partial charge in [-0.1, -0.05) is 23.7 Å². The highest BCUT2D eigenvalue weighted by Gasteiger charge is 2.09. The van der Waals surface area contributed by atoms with Crippen molar-refractivity contribution in [2.45, 2.75) is 6.61 Å². The van der Waals surface area contributed by atoms with Crippen molar-refractivity contribution in [3.8, 4) is 11.5 Å². The van der Waals surface area contributed by atoms with Crippen LogP contribution in [-0.2, 0) is 16.1 Å². The number of benzene rings is 2. The Balaban J connectivity index is 2.00. The van der Waals surface area contributed by atoms with Gasteiger partial charge in [-0.25, -0.2) is 9.18 Å². The molecule has 0 amide bonds. The zero-order valence-electron chi connectivity index (χ0n) is 13.2. The molecule has 0 bridgehead atoms. The summed E-state index contributed by atoms with van der Waals surface area (Å²) >= 11 is 5.87. The lowest BCUT2D eigenvalue weighted by Crippen LogP contribution is -2.03. The molecular weight excluding hydrogens is 335 g/mol. The first-order chi connectivity index (χ1) is 11.5. The molecule has 0 N–H and O–H groups in total. The topological polar surface area (TPSA) is 44.8 Å². The van der Waals surface area contributed by atoms with Crippen LogP contribution in [0.15, 0.2) is 42.5 Å². The molecule has 0 saturated carbocycles. The molecule has 2 aromatic rings. The monoisotopic (exact) mass is 350 g/mol. The fourth-order valence-electron chi connectivity index (χ4n) is 1.98. The van der Waals surface area contributed by atoms with Crippen molar-refractivity contribution >= 4 is 23.6 Å². The summed E-state index contributed by atoms with van der Waals surface area (Å²) in [7, 11) is 3.07. The van der Waals surface area contributed by atoms with Crippen molar-refractivity contribution in [1.29, 1.82) is 0 Å². The van der Waals surface area contributed by atoms with Crippen molar-refractivity contribution in [3.05, 3.63) is 64.4 Å². The van der Waals surface area contributed by atoms with Crippen LogP contribution in [0.1, 0.15) is 11.1 Å². The summed E-state index contributed by atoms with van der Waals surface area (Å²) in [6.45, 7) is -0.236. The van der Waals surface area contributed by atoms with Gasteiger partial charge in [0.25, 0.3) is 0 Å². The third-order valence-corrected chi connectivity index (χ3v) is 3.59. The van der Waals surface area contributed by atoms with E-state index in [-0.39, 0.29) is 17.2 Å². The van der Waals surface area contributed by atoms with Crippen LogP contribution in [-0.4, -0.2) is 20.2 Å². The fraction of sp³-hybridized carbons (Fsp3) is 0.167. The van der Waals surface area contributed by atoms with Crippen LogP contribution in [0.2, 0.25) is 5.02 Å². The second kappa shape index (κ2) is 8.36. The molecule has 126 valence electrons. The predicted octanol–water partition coefficient (Wildman–Crippen LogP) is 4.25. The molecule has 0 atom stereocenters. The van der Waals surface area contributed by atoms with E-state index in [0.29, 0.717) is 11.5 Å². The molecular formula is C18H16ClFO4. The van der Waals surface area contributed by atoms with Crippen LogP contribution >= 0.6 is 11.6 Å². The molecule has 0 saturated heterocycles. The molecule has 0 aliphatic heterocycles. The molecule has 6 heteroatoms. The minimum atomic E-state index is -0.607. The molecule has 24 heavy (non-hydrogen) atoms. The predicted molar refractivity (Wildman–Crippen MR) is 89.8 cm³/mol. The summed E-state index contributed by atoms with van der Waals surface area (Å²) in [6, 6.07) is 9.49. The molecule has 0 heterocycles. The average Bonchev–Trinajstić information content (AvgIpc) is 2.59. The highest BCUT2D eigenvalue weighted by Crippen LogP contribution is 2.28. The van der Waals surface area contributed by atoms with Gasteiger partial charge in [-0.2, -0.15) is 0 Å². The maximum atomic E-state index is 13.6. The van der Waals surface area contributed by atoms with E-state index in [9.17, 15) is 9.18 Å². The van der Waals surface area contributed by atoms with Crippen LogP contribution < -0.4 is 9.47 Å². The molecule has 0 spiro atoms. The molecule has 2 rings (SSSR count). The van der Waals surface area contributed by atoms with Crippen LogP contribution in [0.4, 0.5) is 4.39 Å². The molecule has 0 aliphatic carbocycles. The maximum Gasteiger partial charge on any atom is 0.331 e. The summed E-state index contributed by atoms with van der Waals surface area (Å²) < 4.78 is 28.9. The lowest BCUT2D eigenvalue weighted by molar-refractivity contribution is -0.138. The van der Waals surface area contributed by atoms with Crippen LogP contribution in [0.5, 0.6) is 11.5 Å². The zero-order chi connectivity index (χ0) is 17.5. The van der Waals surface area contributed by atoms with E-state index >= 15 is 0 Å². The molecule has 0 aromatic heterocycles. The number of halogens is 2. The van der Waals surface area contributed by atoms with Crippen LogP contribution in [0.3, 0.4) is 0 Å². The van der Waals surface area contributed by atoms with E-state index in [2.05, 4.69) is 0 Å². The number of hydrogen-bond acceptors (Lipinski definition) is 4. The van der Waals surface area contributed by atoms with E-state index < -0.39 is 11.8 Å². The quantitative estimate of drug-likeness (QED) is 0.577. The average molecular weight is 351 g/mol. The first-order valence-corrected chi connectivity index (χ1v) is 7.42. The Bertz CT molecular complexity index is 738. The Labute approximate surface area is 144 Å². The summed E-state index contributed by atoms with van der Waals surface area (Å²) in [5.41, 5.74) is 0.876. The molecule has 4 nitrogen and oxygen atoms in total. The second-order valence-corrected chi connectivity index (χ2v) is 5.16. The minimum absolute atomic E-state index is 0.145. The van der Waals surface area contributed by atoms with E-state index in [1.807, 2.05) is 0 Å². The second-order valence-electron chi connectivity index (χ2n) is 4.76. The summed E-state index contributed by atoms with van der Waals surface area (Å²) in [5, 5.41) is 0.215. The number of esters is 1. The largest absolute Gasteiger partial charge is 0.493 e. The lowest BCUT2D eigenvalue weighted by Gasteiger charge is -2.08. The number of hydrogen-bond donors (Lipinski definition) is 0. The van der Waals surface area contributed by atoms with Gasteiger partial charge < -0.3 is 14.2 Å². The van der Waals surface area contributed by atoms with Gasteiger partial charge in [0.15, 0.2) is 11.5 Å². The summed E-state index contributed by atoms with van der Waals surface area (Å²) in [6.07, 6.45) is 2.81. The first kappa shape index (κ1) is 17.8. The van der Waals surface area contributed by atoms with E-state index in [1.54, 1.807) is 31.4 Å². The molecule has 0 aliphatic rings. The van der Waals surface area contributed by atoms with E-state index in [1.165, 1.54) is 31.4 Å². The number of methoxy groups -OCH3 is 2. The van der Waals surface area contributed by atoms with Gasteiger partial charge in [0, 0.05) is 11.6 Å². The normalized spacial score (nSPS) is 10.7. The number of carbonyl (C=O) groups excluding carboxylic acids is 1. The van der Waals surface area contributed by atoms with Crippen molar-refractivity contribution in [2.75, 3.05) is 14.2 Å². The van der Waals surface area contributed by atoms with Crippen molar-refractivity contribution in [1.82, 2.24) is 0 Å². The van der Waals surface area contributed by atoms with Gasteiger partial charge in [0.05, 0.1) is 19.2 Å². The van der Waals surface area contributed by atoms with Crippen molar-refractivity contribution < 1.29 is 23.4 Å². The lowest BCUT2D eigenvalue weighted by atomic mass is 10.2. The highest BCUT2D eigenvalue weighted by atomic mass is 35.5. The third kappa shape index (κ3) is 4.49. The fourth-order valence-corrected chi connectivity index (χ4v) is 2.20. The maximum absolute atomic E-state index is 13.6. The summed E-state index contributed by atoms with van der Waals surface area (Å²) in [5.74, 6) is 0.0147. The molecule has 0 radical (unpaired) electrons. The van der Waals surface area contributed by atoms with Crippen molar-refractivity contribution in [2.24, 2.45) is 0 Å². The van der Waals surface area contributed by atoms with Gasteiger partial charge >= 0.3 is 5.97 Å². The Morgan fingerprint density at radius 3 is 2.58 bits per heavy atom. The molecule has 2 aromatic carbocycles. The molecule has 0 unspecified atom stereocenters. The standard InChI is InChI=1S/C18H16ClFO4/c1-22-16-8-6-12(10-17(16)23-2)7-9-18(21)24-11-13-14(19)4-3-5-15(13)20/h3-10H,11H2,1-2H3/b9-7+. The Morgan fingerprint density at radius 1 is 1.17 bits per heavy atom. The van der Waals surface area contributed by atoms with Crippen LogP contribution in [0, 0.1) is 5.82 Å². The van der Waals surface area contributed by atoms with Gasteiger partial charge in [-0.15, -0.1) is 0 Å². The van der Waals surface area contributed by atoms with Crippen LogP contribution in [0.25, 0.3) is 6.08 Å². The number of ether oxygens (including phenoxy) is 3. The Kier molecular flexibility index (Phi) is 6.21. The van der Waals surface area contributed by atoms with Crippen molar-refractivity contribution in [3.63, 3.8) is 0 Å². The van der Waals surface area contributed by atoms with Gasteiger partial charge in [-0.3, -0.25) is 0 Å². The summed E-state index contributed by atoms with van der Waals surface area (Å²) in [4.78, 5) is 11.8. The van der Waals surface area contributed by atoms with Gasteiger partial charge in [0.2, 0.25) is 0 Å².